The Balaban J connectivity index is 2.56. The van der Waals surface area contributed by atoms with E-state index in [9.17, 15) is 0 Å². The summed E-state index contributed by atoms with van der Waals surface area (Å²) >= 11 is 0. The fourth-order valence-corrected chi connectivity index (χ4v) is 0.592. The molecule has 0 atom stereocenters. The van der Waals surface area contributed by atoms with E-state index in [1.54, 1.807) is 23.1 Å². The Bertz CT molecular complexity index is 216. The van der Waals surface area contributed by atoms with E-state index in [2.05, 4.69) is 10.3 Å². The van der Waals surface area contributed by atoms with Crippen molar-refractivity contribution in [3.63, 3.8) is 0 Å². The van der Waals surface area contributed by atoms with Gasteiger partial charge in [0.1, 0.15) is 6.54 Å². The zero-order chi connectivity index (χ0) is 7.40. The largest absolute Gasteiger partial charge is 0.409 e. The van der Waals surface area contributed by atoms with Crippen LogP contribution in [-0.4, -0.2) is 20.8 Å². The highest BCUT2D eigenvalue weighted by Crippen LogP contribution is 1.82. The number of amidine groups is 1. The molecule has 1 rings (SSSR count). The van der Waals surface area contributed by atoms with Crippen molar-refractivity contribution in [2.75, 3.05) is 0 Å². The number of rotatable bonds is 2. The summed E-state index contributed by atoms with van der Waals surface area (Å²) in [6.45, 7) is 0.323. The number of hydrogen-bond acceptors (Lipinski definition) is 3. The molecular formula is C5H8N4O. The van der Waals surface area contributed by atoms with E-state index in [1.807, 2.05) is 0 Å². The third-order valence-corrected chi connectivity index (χ3v) is 1.01. The molecule has 0 aliphatic heterocycles. The topological polar surface area (TPSA) is 76.4 Å². The summed E-state index contributed by atoms with van der Waals surface area (Å²) in [7, 11) is 0. The summed E-state index contributed by atoms with van der Waals surface area (Å²) in [5.74, 6) is 0.142. The van der Waals surface area contributed by atoms with Crippen LogP contribution in [0.1, 0.15) is 0 Å². The van der Waals surface area contributed by atoms with Crippen LogP contribution in [0.15, 0.2) is 23.6 Å². The van der Waals surface area contributed by atoms with Crippen LogP contribution in [0.3, 0.4) is 0 Å². The molecule has 1 aromatic rings. The lowest BCUT2D eigenvalue weighted by molar-refractivity contribution is 0.316. The van der Waals surface area contributed by atoms with Crippen LogP contribution in [0.2, 0.25) is 0 Å². The van der Waals surface area contributed by atoms with Crippen molar-refractivity contribution in [2.45, 2.75) is 6.54 Å². The maximum Gasteiger partial charge on any atom is 0.160 e. The van der Waals surface area contributed by atoms with Crippen LogP contribution in [-0.2, 0) is 6.54 Å². The molecule has 0 bridgehead atoms. The molecule has 0 aliphatic carbocycles. The monoisotopic (exact) mass is 140 g/mol. The molecule has 5 heteroatoms. The first-order valence-electron chi connectivity index (χ1n) is 2.77. The van der Waals surface area contributed by atoms with E-state index in [0.717, 1.165) is 0 Å². The highest BCUT2D eigenvalue weighted by molar-refractivity contribution is 5.79. The molecule has 0 aromatic carbocycles. The molecule has 0 spiro atoms. The third kappa shape index (κ3) is 1.48. The molecule has 0 amide bonds. The van der Waals surface area contributed by atoms with Crippen LogP contribution in [0.25, 0.3) is 0 Å². The molecule has 1 aromatic heterocycles. The van der Waals surface area contributed by atoms with Gasteiger partial charge in [0.15, 0.2) is 5.84 Å². The van der Waals surface area contributed by atoms with Crippen LogP contribution in [0, 0.1) is 0 Å². The van der Waals surface area contributed by atoms with Crippen molar-refractivity contribution < 1.29 is 5.21 Å². The van der Waals surface area contributed by atoms with Crippen molar-refractivity contribution in [1.29, 1.82) is 0 Å². The molecular weight excluding hydrogens is 132 g/mol. The lowest BCUT2D eigenvalue weighted by Crippen LogP contribution is -2.19. The number of nitrogens with zero attached hydrogens (tertiary/aromatic N) is 3. The summed E-state index contributed by atoms with van der Waals surface area (Å²) in [4.78, 5) is 0. The number of oxime groups is 1. The van der Waals surface area contributed by atoms with Gasteiger partial charge in [-0.2, -0.15) is 5.10 Å². The molecule has 10 heavy (non-hydrogen) atoms. The van der Waals surface area contributed by atoms with Crippen molar-refractivity contribution in [2.24, 2.45) is 10.9 Å². The Morgan fingerprint density at radius 2 is 2.60 bits per heavy atom. The average molecular weight is 140 g/mol. The van der Waals surface area contributed by atoms with Gasteiger partial charge in [-0.05, 0) is 6.07 Å². The third-order valence-electron chi connectivity index (χ3n) is 1.01. The van der Waals surface area contributed by atoms with Gasteiger partial charge in [0.25, 0.3) is 0 Å². The minimum Gasteiger partial charge on any atom is -0.409 e. The van der Waals surface area contributed by atoms with Gasteiger partial charge in [0, 0.05) is 12.4 Å². The second-order valence-corrected chi connectivity index (χ2v) is 1.79. The Morgan fingerprint density at radius 3 is 3.10 bits per heavy atom. The predicted molar refractivity (Wildman–Crippen MR) is 35.6 cm³/mol. The number of nitrogens with two attached hydrogens (primary N) is 1. The van der Waals surface area contributed by atoms with Crippen LogP contribution in [0.5, 0.6) is 0 Å². The van der Waals surface area contributed by atoms with Crippen molar-refractivity contribution in [3.05, 3.63) is 18.5 Å². The first-order chi connectivity index (χ1) is 4.83. The SMILES string of the molecule is N/C(Cn1cccn1)=N\O. The molecule has 5 nitrogen and oxygen atoms in total. The molecule has 0 fully saturated rings. The summed E-state index contributed by atoms with van der Waals surface area (Å²) in [5.41, 5.74) is 5.20. The van der Waals surface area contributed by atoms with Gasteiger partial charge >= 0.3 is 0 Å². The molecule has 1 heterocycles. The molecule has 0 aliphatic rings. The Labute approximate surface area is 57.8 Å². The summed E-state index contributed by atoms with van der Waals surface area (Å²) < 4.78 is 1.56. The van der Waals surface area contributed by atoms with Gasteiger partial charge in [0.2, 0.25) is 0 Å². The van der Waals surface area contributed by atoms with Gasteiger partial charge in [-0.15, -0.1) is 0 Å². The molecule has 0 saturated heterocycles. The zero-order valence-corrected chi connectivity index (χ0v) is 5.31. The first-order valence-corrected chi connectivity index (χ1v) is 2.77. The first kappa shape index (κ1) is 6.60. The normalized spacial score (nSPS) is 11.8. The van der Waals surface area contributed by atoms with Crippen molar-refractivity contribution in [3.8, 4) is 0 Å². The van der Waals surface area contributed by atoms with Crippen LogP contribution < -0.4 is 5.73 Å². The lowest BCUT2D eigenvalue weighted by atomic mass is 10.6. The zero-order valence-electron chi connectivity index (χ0n) is 5.31. The van der Waals surface area contributed by atoms with E-state index < -0.39 is 0 Å². The summed E-state index contributed by atoms with van der Waals surface area (Å²) in [6.07, 6.45) is 3.36. The van der Waals surface area contributed by atoms with E-state index >= 15 is 0 Å². The second kappa shape index (κ2) is 2.86. The molecule has 0 radical (unpaired) electrons. The van der Waals surface area contributed by atoms with E-state index in [0.29, 0.717) is 6.54 Å². The molecule has 54 valence electrons. The van der Waals surface area contributed by atoms with Gasteiger partial charge in [-0.1, -0.05) is 5.16 Å². The van der Waals surface area contributed by atoms with Gasteiger partial charge < -0.3 is 10.9 Å². The van der Waals surface area contributed by atoms with Gasteiger partial charge in [-0.3, -0.25) is 4.68 Å². The molecule has 0 saturated carbocycles. The van der Waals surface area contributed by atoms with Crippen molar-refractivity contribution in [1.82, 2.24) is 9.78 Å². The maximum absolute atomic E-state index is 8.16. The Kier molecular flexibility index (Phi) is 1.89. The lowest BCUT2D eigenvalue weighted by Gasteiger charge is -1.96. The smallest absolute Gasteiger partial charge is 0.160 e. The highest BCUT2D eigenvalue weighted by Gasteiger charge is 1.92. The quantitative estimate of drug-likeness (QED) is 0.254. The van der Waals surface area contributed by atoms with E-state index in [4.69, 9.17) is 10.9 Å². The van der Waals surface area contributed by atoms with Crippen molar-refractivity contribution >= 4 is 5.84 Å². The number of aromatic nitrogens is 2. The predicted octanol–water partition coefficient (Wildman–Crippen LogP) is -0.371. The minimum atomic E-state index is 0.142. The average Bonchev–Trinajstić information content (AvgIpc) is 2.40. The second-order valence-electron chi connectivity index (χ2n) is 1.79. The number of hydrogen-bond donors (Lipinski definition) is 2. The Hall–Kier alpha value is -1.52. The molecule has 0 unspecified atom stereocenters. The van der Waals surface area contributed by atoms with Gasteiger partial charge in [-0.25, -0.2) is 0 Å². The fraction of sp³-hybridized carbons (Fsp3) is 0.200. The Morgan fingerprint density at radius 1 is 1.80 bits per heavy atom. The maximum atomic E-state index is 8.16. The fourth-order valence-electron chi connectivity index (χ4n) is 0.592. The van der Waals surface area contributed by atoms with Crippen LogP contribution >= 0.6 is 0 Å². The molecule has 3 N–H and O–H groups in total. The van der Waals surface area contributed by atoms with E-state index in [1.165, 1.54) is 0 Å². The summed E-state index contributed by atoms with van der Waals surface area (Å²) in [5, 5.41) is 14.8. The standard InChI is InChI=1S/C5H8N4O/c6-5(8-10)4-9-3-1-2-7-9/h1-3,10H,4H2,(H2,6,8). The van der Waals surface area contributed by atoms with Crippen LogP contribution in [0.4, 0.5) is 0 Å². The minimum absolute atomic E-state index is 0.142. The van der Waals surface area contributed by atoms with Gasteiger partial charge in [0.05, 0.1) is 0 Å². The highest BCUT2D eigenvalue weighted by atomic mass is 16.4. The van der Waals surface area contributed by atoms with E-state index in [-0.39, 0.29) is 5.84 Å². The summed E-state index contributed by atoms with van der Waals surface area (Å²) in [6, 6.07) is 1.77.